The Hall–Kier alpha value is -0.140. The second kappa shape index (κ2) is 5.46. The largest absolute Gasteiger partial charge is 1.00 e. The van der Waals surface area contributed by atoms with Crippen LogP contribution in [0.4, 0.5) is 0 Å². The molecule has 0 aliphatic carbocycles. The van der Waals surface area contributed by atoms with Gasteiger partial charge in [0.2, 0.25) is 0 Å². The van der Waals surface area contributed by atoms with Crippen molar-refractivity contribution in [3.63, 3.8) is 0 Å². The number of halogens is 2. The van der Waals surface area contributed by atoms with E-state index in [1.807, 2.05) is 17.7 Å². The first kappa shape index (κ1) is 13.9. The summed E-state index contributed by atoms with van der Waals surface area (Å²) in [6, 6.07) is 6.17. The Morgan fingerprint density at radius 2 is 2.12 bits per heavy atom. The lowest BCUT2D eigenvalue weighted by molar-refractivity contribution is -0.678. The lowest BCUT2D eigenvalue weighted by atomic mass is 10.3. The smallest absolute Gasteiger partial charge is 0.283 e. The summed E-state index contributed by atoms with van der Waals surface area (Å²) in [6.07, 6.45) is 0. The summed E-state index contributed by atoms with van der Waals surface area (Å²) in [5, 5.41) is 9.35. The molecular formula is C11H14BrIN2O. The van der Waals surface area contributed by atoms with E-state index in [0.717, 1.165) is 27.9 Å². The normalized spacial score (nSPS) is 10.5. The van der Waals surface area contributed by atoms with Crippen molar-refractivity contribution in [3.8, 4) is 0 Å². The van der Waals surface area contributed by atoms with Gasteiger partial charge in [-0.1, -0.05) is 15.9 Å². The van der Waals surface area contributed by atoms with E-state index in [1.165, 1.54) is 0 Å². The summed E-state index contributed by atoms with van der Waals surface area (Å²) in [7, 11) is 1.98. The molecule has 1 aromatic heterocycles. The molecule has 1 heterocycles. The molecule has 0 radical (unpaired) electrons. The van der Waals surface area contributed by atoms with Gasteiger partial charge in [0.15, 0.2) is 11.0 Å². The molecule has 0 unspecified atom stereocenters. The van der Waals surface area contributed by atoms with Crippen LogP contribution in [-0.2, 0) is 20.2 Å². The summed E-state index contributed by atoms with van der Waals surface area (Å²) < 4.78 is 5.22. The standard InChI is InChI=1S/C11H14BrN2O.HI/c1-3-14-9-5-4-8(12)6-10(9)13(2)11(14)7-15;/h4-6,15H,3,7H2,1-2H3;1H/q+1;/p-1. The van der Waals surface area contributed by atoms with E-state index in [0.29, 0.717) is 0 Å². The number of benzene rings is 1. The molecule has 0 atom stereocenters. The van der Waals surface area contributed by atoms with Crippen molar-refractivity contribution in [1.29, 1.82) is 0 Å². The maximum atomic E-state index is 9.35. The van der Waals surface area contributed by atoms with E-state index in [4.69, 9.17) is 0 Å². The number of fused-ring (bicyclic) bond motifs is 1. The van der Waals surface area contributed by atoms with Gasteiger partial charge in [-0.15, -0.1) is 0 Å². The molecule has 2 rings (SSSR count). The first-order chi connectivity index (χ1) is 7.19. The number of hydrogen-bond acceptors (Lipinski definition) is 1. The molecule has 0 amide bonds. The van der Waals surface area contributed by atoms with Crippen LogP contribution in [0.2, 0.25) is 0 Å². The molecule has 16 heavy (non-hydrogen) atoms. The highest BCUT2D eigenvalue weighted by atomic mass is 127. The molecule has 88 valence electrons. The summed E-state index contributed by atoms with van der Waals surface area (Å²) in [5.74, 6) is 0.936. The Kier molecular flexibility index (Phi) is 4.75. The highest BCUT2D eigenvalue weighted by molar-refractivity contribution is 9.10. The number of aliphatic hydroxyl groups is 1. The molecule has 1 N–H and O–H groups in total. The summed E-state index contributed by atoms with van der Waals surface area (Å²) in [4.78, 5) is 0. The molecule has 0 spiro atoms. The SMILES string of the molecule is CC[n+]1c(CO)n(C)c2cc(Br)ccc21.[I-]. The van der Waals surface area contributed by atoms with Crippen molar-refractivity contribution in [2.45, 2.75) is 20.1 Å². The van der Waals surface area contributed by atoms with Gasteiger partial charge in [-0.2, -0.15) is 0 Å². The molecule has 0 aliphatic heterocycles. The lowest BCUT2D eigenvalue weighted by Crippen LogP contribution is -3.00. The maximum absolute atomic E-state index is 9.35. The molecule has 2 aromatic rings. The summed E-state index contributed by atoms with van der Waals surface area (Å²) in [6.45, 7) is 3.02. The first-order valence-electron chi connectivity index (χ1n) is 4.96. The fraction of sp³-hybridized carbons (Fsp3) is 0.364. The predicted octanol–water partition coefficient (Wildman–Crippen LogP) is -1.26. The van der Waals surface area contributed by atoms with Crippen molar-refractivity contribution in [3.05, 3.63) is 28.5 Å². The van der Waals surface area contributed by atoms with Gasteiger partial charge in [-0.25, -0.2) is 9.13 Å². The second-order valence-electron chi connectivity index (χ2n) is 3.51. The fourth-order valence-corrected chi connectivity index (χ4v) is 2.35. The fourth-order valence-electron chi connectivity index (χ4n) is 2.00. The topological polar surface area (TPSA) is 29.0 Å². The Labute approximate surface area is 120 Å². The Balaban J connectivity index is 0.00000128. The number of aromatic nitrogens is 2. The average Bonchev–Trinajstić information content (AvgIpc) is 2.51. The van der Waals surface area contributed by atoms with Gasteiger partial charge in [0, 0.05) is 10.5 Å². The summed E-state index contributed by atoms with van der Waals surface area (Å²) >= 11 is 3.46. The van der Waals surface area contributed by atoms with Crippen LogP contribution in [0.3, 0.4) is 0 Å². The number of nitrogens with zero attached hydrogens (tertiary/aromatic N) is 2. The quantitative estimate of drug-likeness (QED) is 0.498. The van der Waals surface area contributed by atoms with E-state index in [9.17, 15) is 5.11 Å². The highest BCUT2D eigenvalue weighted by Gasteiger charge is 2.20. The highest BCUT2D eigenvalue weighted by Crippen LogP contribution is 2.19. The molecule has 1 aromatic carbocycles. The predicted molar refractivity (Wildman–Crippen MR) is 62.4 cm³/mol. The van der Waals surface area contributed by atoms with Crippen LogP contribution in [0.1, 0.15) is 12.7 Å². The van der Waals surface area contributed by atoms with Crippen LogP contribution in [0, 0.1) is 0 Å². The van der Waals surface area contributed by atoms with Gasteiger partial charge in [0.1, 0.15) is 6.61 Å². The van der Waals surface area contributed by atoms with Gasteiger partial charge in [0.05, 0.1) is 13.6 Å². The van der Waals surface area contributed by atoms with Crippen LogP contribution in [0.25, 0.3) is 11.0 Å². The third-order valence-electron chi connectivity index (χ3n) is 2.75. The second-order valence-corrected chi connectivity index (χ2v) is 4.43. The van der Waals surface area contributed by atoms with E-state index >= 15 is 0 Å². The van der Waals surface area contributed by atoms with E-state index in [-0.39, 0.29) is 30.6 Å². The third kappa shape index (κ3) is 2.12. The minimum atomic E-state index is 0. The zero-order valence-electron chi connectivity index (χ0n) is 9.24. The monoisotopic (exact) mass is 396 g/mol. The van der Waals surface area contributed by atoms with Crippen LogP contribution in [0.15, 0.2) is 22.7 Å². The van der Waals surface area contributed by atoms with E-state index < -0.39 is 0 Å². The molecule has 5 heteroatoms. The number of aryl methyl sites for hydroxylation is 2. The number of imidazole rings is 1. The van der Waals surface area contributed by atoms with Crippen molar-refractivity contribution in [2.75, 3.05) is 0 Å². The van der Waals surface area contributed by atoms with E-state index in [2.05, 4.69) is 39.6 Å². The van der Waals surface area contributed by atoms with Crippen molar-refractivity contribution in [2.24, 2.45) is 7.05 Å². The Morgan fingerprint density at radius 3 is 2.69 bits per heavy atom. The first-order valence-corrected chi connectivity index (χ1v) is 5.75. The summed E-state index contributed by atoms with van der Waals surface area (Å²) in [5.41, 5.74) is 2.29. The van der Waals surface area contributed by atoms with Crippen molar-refractivity contribution in [1.82, 2.24) is 4.57 Å². The van der Waals surface area contributed by atoms with Gasteiger partial charge in [-0.3, -0.25) is 0 Å². The maximum Gasteiger partial charge on any atom is 0.283 e. The van der Waals surface area contributed by atoms with Crippen LogP contribution < -0.4 is 28.5 Å². The molecule has 0 saturated heterocycles. The average molecular weight is 397 g/mol. The molecule has 0 aliphatic rings. The molecule has 0 fully saturated rings. The van der Waals surface area contributed by atoms with Crippen LogP contribution in [0.5, 0.6) is 0 Å². The molecule has 0 saturated carbocycles. The van der Waals surface area contributed by atoms with Crippen LogP contribution >= 0.6 is 15.9 Å². The van der Waals surface area contributed by atoms with Crippen LogP contribution in [-0.4, -0.2) is 9.67 Å². The van der Waals surface area contributed by atoms with Gasteiger partial charge >= 0.3 is 0 Å². The molecular weight excluding hydrogens is 383 g/mol. The molecule has 3 nitrogen and oxygen atoms in total. The number of aliphatic hydroxyl groups excluding tert-OH is 1. The number of hydrogen-bond donors (Lipinski definition) is 1. The lowest BCUT2D eigenvalue weighted by Gasteiger charge is -1.95. The van der Waals surface area contributed by atoms with Crippen molar-refractivity contribution < 1.29 is 33.7 Å². The zero-order chi connectivity index (χ0) is 11.0. The Morgan fingerprint density at radius 1 is 1.44 bits per heavy atom. The van der Waals surface area contributed by atoms with Gasteiger partial charge in [0.25, 0.3) is 5.82 Å². The van der Waals surface area contributed by atoms with Gasteiger partial charge < -0.3 is 29.1 Å². The minimum absolute atomic E-state index is 0. The Bertz CT molecular complexity index is 510. The third-order valence-corrected chi connectivity index (χ3v) is 3.24. The van der Waals surface area contributed by atoms with E-state index in [1.54, 1.807) is 0 Å². The minimum Gasteiger partial charge on any atom is -1.00 e. The zero-order valence-corrected chi connectivity index (χ0v) is 13.0. The van der Waals surface area contributed by atoms with Crippen molar-refractivity contribution >= 4 is 27.0 Å². The van der Waals surface area contributed by atoms with Gasteiger partial charge in [-0.05, 0) is 19.1 Å². The molecule has 0 bridgehead atoms. The number of rotatable bonds is 2.